The first-order valence-corrected chi connectivity index (χ1v) is 7.85. The molecule has 0 saturated heterocycles. The Bertz CT molecular complexity index is 77.6. The topological polar surface area (TPSA) is 9.23 Å². The van der Waals surface area contributed by atoms with Crippen molar-refractivity contribution in [3.63, 3.8) is 0 Å². The van der Waals surface area contributed by atoms with Crippen molar-refractivity contribution in [3.05, 3.63) is 0 Å². The lowest BCUT2D eigenvalue weighted by Gasteiger charge is -2.17. The van der Waals surface area contributed by atoms with E-state index in [0.717, 1.165) is 6.61 Å². The van der Waals surface area contributed by atoms with E-state index in [1.165, 1.54) is 0 Å². The van der Waals surface area contributed by atoms with Gasteiger partial charge >= 0.3 is 0 Å². The van der Waals surface area contributed by atoms with Gasteiger partial charge in [0, 0.05) is 10.5 Å². The standard InChI is InChI=1S/C6H15IOSi/c1-6(7)5-8-9(2,3)4/h6H,5H2,1-4H3. The van der Waals surface area contributed by atoms with E-state index in [1.807, 2.05) is 0 Å². The Labute approximate surface area is 72.4 Å². The van der Waals surface area contributed by atoms with Crippen LogP contribution in [0.2, 0.25) is 19.6 Å². The van der Waals surface area contributed by atoms with Gasteiger partial charge in [0.1, 0.15) is 0 Å². The van der Waals surface area contributed by atoms with Gasteiger partial charge in [0.05, 0.1) is 0 Å². The maximum Gasteiger partial charge on any atom is 0.183 e. The molecular weight excluding hydrogens is 243 g/mol. The van der Waals surface area contributed by atoms with Crippen LogP contribution in [0.4, 0.5) is 0 Å². The van der Waals surface area contributed by atoms with E-state index in [0.29, 0.717) is 3.92 Å². The van der Waals surface area contributed by atoms with Gasteiger partial charge in [-0.3, -0.25) is 0 Å². The minimum Gasteiger partial charge on any atom is -0.417 e. The molecule has 1 nitrogen and oxygen atoms in total. The predicted molar refractivity (Wildman–Crippen MR) is 52.8 cm³/mol. The van der Waals surface area contributed by atoms with Crippen molar-refractivity contribution in [2.45, 2.75) is 30.5 Å². The molecule has 9 heavy (non-hydrogen) atoms. The molecule has 0 aliphatic carbocycles. The van der Waals surface area contributed by atoms with Crippen LogP contribution >= 0.6 is 22.6 Å². The van der Waals surface area contributed by atoms with Gasteiger partial charge in [0.15, 0.2) is 8.32 Å². The zero-order valence-electron chi connectivity index (χ0n) is 6.57. The third-order valence-corrected chi connectivity index (χ3v) is 2.14. The SMILES string of the molecule is CC(I)CO[Si](C)(C)C. The van der Waals surface area contributed by atoms with Gasteiger partial charge < -0.3 is 4.43 Å². The smallest absolute Gasteiger partial charge is 0.183 e. The van der Waals surface area contributed by atoms with Crippen molar-refractivity contribution in [2.24, 2.45) is 0 Å². The van der Waals surface area contributed by atoms with Gasteiger partial charge in [-0.25, -0.2) is 0 Å². The zero-order chi connectivity index (χ0) is 7.49. The number of halogens is 1. The van der Waals surface area contributed by atoms with Crippen LogP contribution in [0.3, 0.4) is 0 Å². The van der Waals surface area contributed by atoms with E-state index in [1.54, 1.807) is 0 Å². The summed E-state index contributed by atoms with van der Waals surface area (Å²) in [5.74, 6) is 0. The predicted octanol–water partition coefficient (Wildman–Crippen LogP) is 2.66. The molecule has 1 atom stereocenters. The Balaban J connectivity index is 3.28. The summed E-state index contributed by atoms with van der Waals surface area (Å²) in [6.45, 7) is 9.72. The van der Waals surface area contributed by atoms with Crippen molar-refractivity contribution in [3.8, 4) is 0 Å². The van der Waals surface area contributed by atoms with Gasteiger partial charge in [-0.1, -0.05) is 29.5 Å². The molecular formula is C6H15IOSi. The molecule has 0 fully saturated rings. The molecule has 0 aromatic carbocycles. The summed E-state index contributed by atoms with van der Waals surface area (Å²) >= 11 is 2.38. The van der Waals surface area contributed by atoms with Gasteiger partial charge in [-0.2, -0.15) is 0 Å². The van der Waals surface area contributed by atoms with Crippen LogP contribution in [-0.2, 0) is 4.43 Å². The highest BCUT2D eigenvalue weighted by Gasteiger charge is 2.14. The highest BCUT2D eigenvalue weighted by atomic mass is 127. The first-order valence-electron chi connectivity index (χ1n) is 3.20. The number of hydrogen-bond donors (Lipinski definition) is 0. The quantitative estimate of drug-likeness (QED) is 0.429. The van der Waals surface area contributed by atoms with E-state index in [4.69, 9.17) is 4.43 Å². The minimum atomic E-state index is -1.22. The van der Waals surface area contributed by atoms with Gasteiger partial charge in [0.25, 0.3) is 0 Å². The van der Waals surface area contributed by atoms with Gasteiger partial charge in [0.2, 0.25) is 0 Å². The molecule has 0 radical (unpaired) electrons. The first-order chi connectivity index (χ1) is 3.92. The van der Waals surface area contributed by atoms with E-state index in [2.05, 4.69) is 49.2 Å². The normalized spacial score (nSPS) is 15.7. The summed E-state index contributed by atoms with van der Waals surface area (Å²) in [4.78, 5) is 0. The van der Waals surface area contributed by atoms with Crippen LogP contribution in [0, 0.1) is 0 Å². The molecule has 0 aliphatic heterocycles. The second-order valence-electron chi connectivity index (χ2n) is 3.20. The van der Waals surface area contributed by atoms with E-state index in [9.17, 15) is 0 Å². The van der Waals surface area contributed by atoms with Crippen molar-refractivity contribution in [1.82, 2.24) is 0 Å². The molecule has 3 heteroatoms. The van der Waals surface area contributed by atoms with E-state index < -0.39 is 8.32 Å². The van der Waals surface area contributed by atoms with Crippen LogP contribution in [0.5, 0.6) is 0 Å². The van der Waals surface area contributed by atoms with E-state index >= 15 is 0 Å². The molecule has 0 aromatic rings. The van der Waals surface area contributed by atoms with Crippen molar-refractivity contribution < 1.29 is 4.43 Å². The molecule has 0 rings (SSSR count). The summed E-state index contributed by atoms with van der Waals surface area (Å²) in [7, 11) is -1.22. The van der Waals surface area contributed by atoms with Crippen LogP contribution < -0.4 is 0 Å². The van der Waals surface area contributed by atoms with Crippen LogP contribution in [0.15, 0.2) is 0 Å². The molecule has 0 N–H and O–H groups in total. The molecule has 56 valence electrons. The Kier molecular flexibility index (Phi) is 4.32. The average molecular weight is 258 g/mol. The maximum absolute atomic E-state index is 5.62. The van der Waals surface area contributed by atoms with Crippen molar-refractivity contribution in [2.75, 3.05) is 6.61 Å². The molecule has 0 aromatic heterocycles. The number of hydrogen-bond acceptors (Lipinski definition) is 1. The largest absolute Gasteiger partial charge is 0.417 e. The second-order valence-corrected chi connectivity index (χ2v) is 9.84. The first kappa shape index (κ1) is 9.91. The molecule has 0 bridgehead atoms. The fourth-order valence-corrected chi connectivity index (χ4v) is 1.63. The zero-order valence-corrected chi connectivity index (χ0v) is 9.73. The van der Waals surface area contributed by atoms with E-state index in [-0.39, 0.29) is 0 Å². The lowest BCUT2D eigenvalue weighted by molar-refractivity contribution is 0.320. The Hall–Kier alpha value is 0.907. The summed E-state index contributed by atoms with van der Waals surface area (Å²) in [6, 6.07) is 0. The summed E-state index contributed by atoms with van der Waals surface area (Å²) < 4.78 is 6.27. The van der Waals surface area contributed by atoms with Crippen LogP contribution in [0.1, 0.15) is 6.92 Å². The minimum absolute atomic E-state index is 0.648. The number of alkyl halides is 1. The highest BCUT2D eigenvalue weighted by Crippen LogP contribution is 2.06. The molecule has 0 heterocycles. The Morgan fingerprint density at radius 3 is 2.00 bits per heavy atom. The average Bonchev–Trinajstić information content (AvgIpc) is 1.59. The molecule has 0 spiro atoms. The number of rotatable bonds is 3. The van der Waals surface area contributed by atoms with Gasteiger partial charge in [-0.05, 0) is 19.6 Å². The molecule has 0 aliphatic rings. The lowest BCUT2D eigenvalue weighted by Crippen LogP contribution is -2.27. The van der Waals surface area contributed by atoms with Crippen molar-refractivity contribution >= 4 is 30.9 Å². The summed E-state index contributed by atoms with van der Waals surface area (Å²) in [6.07, 6.45) is 0. The van der Waals surface area contributed by atoms with Crippen LogP contribution in [0.25, 0.3) is 0 Å². The maximum atomic E-state index is 5.62. The van der Waals surface area contributed by atoms with Gasteiger partial charge in [-0.15, -0.1) is 0 Å². The fourth-order valence-electron chi connectivity index (χ4n) is 0.365. The molecule has 0 amide bonds. The Morgan fingerprint density at radius 1 is 1.44 bits per heavy atom. The Morgan fingerprint density at radius 2 is 1.89 bits per heavy atom. The fraction of sp³-hybridized carbons (Fsp3) is 1.00. The third-order valence-electron chi connectivity index (χ3n) is 0.746. The van der Waals surface area contributed by atoms with Crippen molar-refractivity contribution in [1.29, 1.82) is 0 Å². The second kappa shape index (κ2) is 3.93. The third kappa shape index (κ3) is 8.91. The summed E-state index contributed by atoms with van der Waals surface area (Å²) in [5, 5.41) is 0. The molecule has 1 unspecified atom stereocenters. The molecule has 0 saturated carbocycles. The van der Waals surface area contributed by atoms with Crippen LogP contribution in [-0.4, -0.2) is 18.8 Å². The summed E-state index contributed by atoms with van der Waals surface area (Å²) in [5.41, 5.74) is 0. The monoisotopic (exact) mass is 258 g/mol. The lowest BCUT2D eigenvalue weighted by atomic mass is 10.5. The highest BCUT2D eigenvalue weighted by molar-refractivity contribution is 14.1.